The van der Waals surface area contributed by atoms with Gasteiger partial charge in [0.2, 0.25) is 0 Å². The Labute approximate surface area is 121 Å². The third kappa shape index (κ3) is 2.84. The largest absolute Gasteiger partial charge is 0.456 e. The molecule has 6 nitrogen and oxygen atoms in total. The fourth-order valence-electron chi connectivity index (χ4n) is 1.92. The Morgan fingerprint density at radius 1 is 1.38 bits per heavy atom. The number of anilines is 1. The van der Waals surface area contributed by atoms with E-state index in [2.05, 4.69) is 20.5 Å². The zero-order chi connectivity index (χ0) is 14.7. The first-order valence-corrected chi connectivity index (χ1v) is 6.62. The molecule has 0 fully saturated rings. The molecule has 3 rings (SSSR count). The third-order valence-electron chi connectivity index (χ3n) is 3.03. The normalized spacial score (nSPS) is 10.5. The molecule has 6 heteroatoms. The van der Waals surface area contributed by atoms with Crippen molar-refractivity contribution in [2.45, 2.75) is 13.3 Å². The van der Waals surface area contributed by atoms with Crippen LogP contribution in [-0.2, 0) is 6.42 Å². The summed E-state index contributed by atoms with van der Waals surface area (Å²) in [5.41, 5.74) is 1.68. The maximum Gasteiger partial charge on any atom is 0.292 e. The van der Waals surface area contributed by atoms with Crippen molar-refractivity contribution in [3.8, 4) is 11.3 Å². The van der Waals surface area contributed by atoms with Crippen LogP contribution >= 0.6 is 0 Å². The topological polar surface area (TPSA) is 83.8 Å². The van der Waals surface area contributed by atoms with E-state index in [4.69, 9.17) is 4.42 Å². The molecule has 0 unspecified atom stereocenters. The molecule has 0 saturated carbocycles. The number of nitrogens with one attached hydrogen (secondary N) is 2. The summed E-state index contributed by atoms with van der Waals surface area (Å²) in [6.45, 7) is 1.97. The number of amides is 1. The molecule has 0 aliphatic heterocycles. The zero-order valence-corrected chi connectivity index (χ0v) is 11.5. The highest BCUT2D eigenvalue weighted by atomic mass is 16.3. The zero-order valence-electron chi connectivity index (χ0n) is 11.5. The van der Waals surface area contributed by atoms with E-state index in [0.717, 1.165) is 23.4 Å². The molecule has 0 radical (unpaired) electrons. The average Bonchev–Trinajstić information content (AvgIpc) is 3.17. The van der Waals surface area contributed by atoms with Crippen LogP contribution in [0.1, 0.15) is 23.2 Å². The Balaban J connectivity index is 1.74. The van der Waals surface area contributed by atoms with E-state index in [9.17, 15) is 4.79 Å². The lowest BCUT2D eigenvalue weighted by Gasteiger charge is -1.97. The van der Waals surface area contributed by atoms with Crippen LogP contribution in [0.4, 0.5) is 5.82 Å². The molecule has 2 N–H and O–H groups in total. The molecule has 0 atom stereocenters. The highest BCUT2D eigenvalue weighted by Crippen LogP contribution is 2.19. The monoisotopic (exact) mass is 282 g/mol. The maximum atomic E-state index is 12.0. The van der Waals surface area contributed by atoms with Crippen molar-refractivity contribution in [2.24, 2.45) is 0 Å². The van der Waals surface area contributed by atoms with Gasteiger partial charge in [0, 0.05) is 30.4 Å². The van der Waals surface area contributed by atoms with Gasteiger partial charge in [-0.25, -0.2) is 0 Å². The Bertz CT molecular complexity index is 746. The SMILES string of the molecule is CCc1ccc(C(=O)Nc2cc(-c3cccnc3)[nH]n2)o1. The number of pyridine rings is 1. The van der Waals surface area contributed by atoms with Gasteiger partial charge in [-0.15, -0.1) is 0 Å². The lowest BCUT2D eigenvalue weighted by Crippen LogP contribution is -2.11. The van der Waals surface area contributed by atoms with Crippen LogP contribution in [0.2, 0.25) is 0 Å². The number of carbonyl (C=O) groups is 1. The number of aromatic nitrogens is 3. The molecule has 1 amide bonds. The molecular formula is C15H14N4O2. The van der Waals surface area contributed by atoms with Gasteiger partial charge in [-0.1, -0.05) is 6.92 Å². The number of carbonyl (C=O) groups excluding carboxylic acids is 1. The van der Waals surface area contributed by atoms with Crippen molar-refractivity contribution < 1.29 is 9.21 Å². The molecule has 3 aromatic heterocycles. The van der Waals surface area contributed by atoms with Crippen molar-refractivity contribution in [1.29, 1.82) is 0 Å². The van der Waals surface area contributed by atoms with Crippen molar-refractivity contribution in [1.82, 2.24) is 15.2 Å². The number of rotatable bonds is 4. The van der Waals surface area contributed by atoms with Crippen LogP contribution in [-0.4, -0.2) is 21.1 Å². The molecule has 3 heterocycles. The number of hydrogen-bond donors (Lipinski definition) is 2. The summed E-state index contributed by atoms with van der Waals surface area (Å²) in [6.07, 6.45) is 4.17. The lowest BCUT2D eigenvalue weighted by atomic mass is 10.2. The predicted molar refractivity (Wildman–Crippen MR) is 77.9 cm³/mol. The van der Waals surface area contributed by atoms with Crippen molar-refractivity contribution in [2.75, 3.05) is 5.32 Å². The second kappa shape index (κ2) is 5.62. The molecule has 0 bridgehead atoms. The number of aryl methyl sites for hydroxylation is 1. The first kappa shape index (κ1) is 13.1. The fourth-order valence-corrected chi connectivity index (χ4v) is 1.92. The summed E-state index contributed by atoms with van der Waals surface area (Å²) < 4.78 is 5.40. The minimum Gasteiger partial charge on any atom is -0.456 e. The molecule has 21 heavy (non-hydrogen) atoms. The van der Waals surface area contributed by atoms with Crippen LogP contribution < -0.4 is 5.32 Å². The van der Waals surface area contributed by atoms with E-state index in [0.29, 0.717) is 5.82 Å². The standard InChI is InChI=1S/C15H14N4O2/c1-2-11-5-6-13(21-11)15(20)17-14-8-12(18-19-14)10-4-3-7-16-9-10/h3-9H,2H2,1H3,(H2,17,18,19,20). The van der Waals surface area contributed by atoms with Crippen LogP contribution in [0.15, 0.2) is 47.1 Å². The highest BCUT2D eigenvalue weighted by Gasteiger charge is 2.13. The Kier molecular flexibility index (Phi) is 3.51. The fraction of sp³-hybridized carbons (Fsp3) is 0.133. The average molecular weight is 282 g/mol. The number of aromatic amines is 1. The summed E-state index contributed by atoms with van der Waals surface area (Å²) in [5.74, 6) is 1.17. The van der Waals surface area contributed by atoms with E-state index in [1.54, 1.807) is 30.6 Å². The van der Waals surface area contributed by atoms with Crippen LogP contribution in [0, 0.1) is 0 Å². The summed E-state index contributed by atoms with van der Waals surface area (Å²) in [6, 6.07) is 8.94. The number of H-pyrrole nitrogens is 1. The Morgan fingerprint density at radius 2 is 2.29 bits per heavy atom. The molecule has 0 spiro atoms. The van der Waals surface area contributed by atoms with Gasteiger partial charge in [0.15, 0.2) is 11.6 Å². The second-order valence-electron chi connectivity index (χ2n) is 4.48. The van der Waals surface area contributed by atoms with Gasteiger partial charge in [-0.3, -0.25) is 14.9 Å². The van der Waals surface area contributed by atoms with Crippen molar-refractivity contribution in [3.05, 3.63) is 54.2 Å². The van der Waals surface area contributed by atoms with Gasteiger partial charge in [0.25, 0.3) is 5.91 Å². The minimum atomic E-state index is -0.320. The molecule has 0 aromatic carbocycles. The van der Waals surface area contributed by atoms with Crippen molar-refractivity contribution in [3.63, 3.8) is 0 Å². The van der Waals surface area contributed by atoms with E-state index in [1.165, 1.54) is 0 Å². The van der Waals surface area contributed by atoms with Crippen molar-refractivity contribution >= 4 is 11.7 Å². The second-order valence-corrected chi connectivity index (χ2v) is 4.48. The van der Waals surface area contributed by atoms with Gasteiger partial charge in [-0.05, 0) is 24.3 Å². The van der Waals surface area contributed by atoms with E-state index in [-0.39, 0.29) is 11.7 Å². The summed E-state index contributed by atoms with van der Waals surface area (Å²) in [7, 11) is 0. The summed E-state index contributed by atoms with van der Waals surface area (Å²) in [5, 5.41) is 9.61. The predicted octanol–water partition coefficient (Wildman–Crippen LogP) is 2.88. The van der Waals surface area contributed by atoms with Crippen LogP contribution in [0.3, 0.4) is 0 Å². The van der Waals surface area contributed by atoms with E-state index >= 15 is 0 Å². The molecule has 3 aromatic rings. The molecule has 106 valence electrons. The first-order valence-electron chi connectivity index (χ1n) is 6.62. The Morgan fingerprint density at radius 3 is 3.00 bits per heavy atom. The number of nitrogens with zero attached hydrogens (tertiary/aromatic N) is 2. The maximum absolute atomic E-state index is 12.0. The van der Waals surface area contributed by atoms with E-state index in [1.807, 2.05) is 19.1 Å². The summed E-state index contributed by atoms with van der Waals surface area (Å²) >= 11 is 0. The third-order valence-corrected chi connectivity index (χ3v) is 3.03. The van der Waals surface area contributed by atoms with Gasteiger partial charge in [-0.2, -0.15) is 5.10 Å². The first-order chi connectivity index (χ1) is 10.3. The molecule has 0 aliphatic rings. The van der Waals surface area contributed by atoms with E-state index < -0.39 is 0 Å². The van der Waals surface area contributed by atoms with Gasteiger partial charge < -0.3 is 9.73 Å². The van der Waals surface area contributed by atoms with Gasteiger partial charge in [0.1, 0.15) is 5.76 Å². The highest BCUT2D eigenvalue weighted by molar-refractivity contribution is 6.01. The van der Waals surface area contributed by atoms with Crippen LogP contribution in [0.5, 0.6) is 0 Å². The summed E-state index contributed by atoms with van der Waals surface area (Å²) in [4.78, 5) is 16.1. The molecular weight excluding hydrogens is 268 g/mol. The minimum absolute atomic E-state index is 0.276. The van der Waals surface area contributed by atoms with Gasteiger partial charge in [0.05, 0.1) is 5.69 Å². The molecule has 0 saturated heterocycles. The smallest absolute Gasteiger partial charge is 0.292 e. The number of furan rings is 1. The van der Waals surface area contributed by atoms with Gasteiger partial charge >= 0.3 is 0 Å². The quantitative estimate of drug-likeness (QED) is 0.770. The Hall–Kier alpha value is -2.89. The van der Waals surface area contributed by atoms with Crippen LogP contribution in [0.25, 0.3) is 11.3 Å². The molecule has 0 aliphatic carbocycles. The lowest BCUT2D eigenvalue weighted by molar-refractivity contribution is 0.0994. The number of hydrogen-bond acceptors (Lipinski definition) is 4.